The van der Waals surface area contributed by atoms with Crippen LogP contribution < -0.4 is 10.2 Å². The van der Waals surface area contributed by atoms with Crippen molar-refractivity contribution >= 4 is 5.69 Å². The first-order valence-corrected chi connectivity index (χ1v) is 6.45. The van der Waals surface area contributed by atoms with E-state index in [2.05, 4.69) is 53.5 Å². The highest BCUT2D eigenvalue weighted by molar-refractivity contribution is 5.47. The third kappa shape index (κ3) is 3.72. The van der Waals surface area contributed by atoms with Crippen LogP contribution in [0.5, 0.6) is 0 Å². The Bertz CT molecular complexity index is 341. The molecule has 0 aliphatic carbocycles. The fourth-order valence-corrected chi connectivity index (χ4v) is 2.25. The van der Waals surface area contributed by atoms with E-state index in [0.29, 0.717) is 0 Å². The summed E-state index contributed by atoms with van der Waals surface area (Å²) in [6.07, 6.45) is 1.26. The predicted octanol–water partition coefficient (Wildman–Crippen LogP) is 1.55. The second-order valence-electron chi connectivity index (χ2n) is 4.94. The second-order valence-corrected chi connectivity index (χ2v) is 4.94. The first-order valence-electron chi connectivity index (χ1n) is 6.45. The fourth-order valence-electron chi connectivity index (χ4n) is 2.25. The maximum absolute atomic E-state index is 3.44. The van der Waals surface area contributed by atoms with Crippen LogP contribution in [0.3, 0.4) is 0 Å². The molecule has 1 aliphatic heterocycles. The van der Waals surface area contributed by atoms with Gasteiger partial charge < -0.3 is 10.2 Å². The van der Waals surface area contributed by atoms with Gasteiger partial charge in [-0.25, -0.2) is 0 Å². The van der Waals surface area contributed by atoms with Crippen molar-refractivity contribution in [1.29, 1.82) is 0 Å². The van der Waals surface area contributed by atoms with Crippen molar-refractivity contribution in [3.63, 3.8) is 0 Å². The zero-order valence-corrected chi connectivity index (χ0v) is 10.9. The van der Waals surface area contributed by atoms with Crippen LogP contribution in [-0.4, -0.2) is 45.2 Å². The quantitative estimate of drug-likeness (QED) is 0.854. The fraction of sp³-hybridized carbons (Fsp3) is 0.571. The van der Waals surface area contributed by atoms with Crippen molar-refractivity contribution in [2.75, 3.05) is 45.2 Å². The summed E-state index contributed by atoms with van der Waals surface area (Å²) in [6, 6.07) is 8.83. The maximum Gasteiger partial charge on any atom is 0.0364 e. The number of anilines is 1. The van der Waals surface area contributed by atoms with Crippen LogP contribution >= 0.6 is 0 Å². The van der Waals surface area contributed by atoms with Gasteiger partial charge in [-0.05, 0) is 37.2 Å². The van der Waals surface area contributed by atoms with Crippen molar-refractivity contribution in [1.82, 2.24) is 10.2 Å². The molecule has 0 radical (unpaired) electrons. The van der Waals surface area contributed by atoms with E-state index in [4.69, 9.17) is 0 Å². The van der Waals surface area contributed by atoms with Crippen molar-refractivity contribution in [3.8, 4) is 0 Å². The molecule has 0 atom stereocenters. The molecule has 2 rings (SSSR count). The van der Waals surface area contributed by atoms with Crippen LogP contribution in [0, 0.1) is 0 Å². The molecule has 0 bridgehead atoms. The molecule has 0 amide bonds. The van der Waals surface area contributed by atoms with Gasteiger partial charge in [0.1, 0.15) is 0 Å². The Balaban J connectivity index is 1.99. The van der Waals surface area contributed by atoms with E-state index in [9.17, 15) is 0 Å². The average Bonchev–Trinajstić information content (AvgIpc) is 2.58. The molecule has 1 fully saturated rings. The first kappa shape index (κ1) is 12.4. The molecule has 1 aromatic rings. The van der Waals surface area contributed by atoms with Crippen LogP contribution in [0.1, 0.15) is 12.0 Å². The number of nitrogens with one attached hydrogen (secondary N) is 1. The van der Waals surface area contributed by atoms with Crippen LogP contribution in [0.15, 0.2) is 24.3 Å². The molecule has 1 aliphatic rings. The number of hydrogen-bond acceptors (Lipinski definition) is 3. The van der Waals surface area contributed by atoms with Crippen LogP contribution in [-0.2, 0) is 6.54 Å². The molecular formula is C14H23N3. The third-order valence-electron chi connectivity index (χ3n) is 3.27. The van der Waals surface area contributed by atoms with Gasteiger partial charge in [0.25, 0.3) is 0 Å². The van der Waals surface area contributed by atoms with E-state index < -0.39 is 0 Å². The van der Waals surface area contributed by atoms with E-state index in [1.54, 1.807) is 0 Å². The number of rotatable bonds is 3. The van der Waals surface area contributed by atoms with E-state index in [1.165, 1.54) is 24.2 Å². The van der Waals surface area contributed by atoms with Crippen molar-refractivity contribution in [2.45, 2.75) is 13.0 Å². The molecule has 0 spiro atoms. The summed E-state index contributed by atoms with van der Waals surface area (Å²) in [5, 5.41) is 3.44. The van der Waals surface area contributed by atoms with Gasteiger partial charge in [0.05, 0.1) is 0 Å². The molecule has 17 heavy (non-hydrogen) atoms. The third-order valence-corrected chi connectivity index (χ3v) is 3.27. The lowest BCUT2D eigenvalue weighted by Gasteiger charge is -2.20. The summed E-state index contributed by atoms with van der Waals surface area (Å²) in [4.78, 5) is 4.70. The van der Waals surface area contributed by atoms with Gasteiger partial charge in [0.2, 0.25) is 0 Å². The maximum atomic E-state index is 3.44. The second kappa shape index (κ2) is 6.03. The molecule has 0 aromatic heterocycles. The summed E-state index contributed by atoms with van der Waals surface area (Å²) >= 11 is 0. The Hall–Kier alpha value is -1.06. The van der Waals surface area contributed by atoms with Gasteiger partial charge in [-0.15, -0.1) is 0 Å². The van der Waals surface area contributed by atoms with E-state index in [-0.39, 0.29) is 0 Å². The zero-order valence-electron chi connectivity index (χ0n) is 10.9. The molecule has 1 saturated heterocycles. The highest BCUT2D eigenvalue weighted by atomic mass is 15.1. The lowest BCUT2D eigenvalue weighted by Crippen LogP contribution is -2.27. The average molecular weight is 233 g/mol. The zero-order chi connectivity index (χ0) is 12.1. The Labute approximate surface area is 104 Å². The lowest BCUT2D eigenvalue weighted by molar-refractivity contribution is 0.284. The van der Waals surface area contributed by atoms with Crippen molar-refractivity contribution in [3.05, 3.63) is 29.8 Å². The highest BCUT2D eigenvalue weighted by Crippen LogP contribution is 2.15. The van der Waals surface area contributed by atoms with Crippen LogP contribution in [0.2, 0.25) is 0 Å². The SMILES string of the molecule is CN(C)c1cccc(CN2CCCNCC2)c1. The molecule has 0 unspecified atom stereocenters. The van der Waals surface area contributed by atoms with E-state index in [0.717, 1.165) is 26.2 Å². The van der Waals surface area contributed by atoms with Gasteiger partial charge >= 0.3 is 0 Å². The van der Waals surface area contributed by atoms with Crippen LogP contribution in [0.25, 0.3) is 0 Å². The topological polar surface area (TPSA) is 18.5 Å². The first-order chi connectivity index (χ1) is 8.25. The predicted molar refractivity (Wildman–Crippen MR) is 73.5 cm³/mol. The van der Waals surface area contributed by atoms with Gasteiger partial charge in [0.15, 0.2) is 0 Å². The molecule has 0 saturated carbocycles. The molecule has 1 heterocycles. The summed E-state index contributed by atoms with van der Waals surface area (Å²) in [5.41, 5.74) is 2.70. The minimum absolute atomic E-state index is 1.07. The summed E-state index contributed by atoms with van der Waals surface area (Å²) in [7, 11) is 4.18. The summed E-state index contributed by atoms with van der Waals surface area (Å²) in [6.45, 7) is 5.72. The monoisotopic (exact) mass is 233 g/mol. The van der Waals surface area contributed by atoms with E-state index in [1.807, 2.05) is 0 Å². The number of nitrogens with zero attached hydrogens (tertiary/aromatic N) is 2. The van der Waals surface area contributed by atoms with Gasteiger partial charge in [-0.3, -0.25) is 4.90 Å². The lowest BCUT2D eigenvalue weighted by atomic mass is 10.1. The van der Waals surface area contributed by atoms with E-state index >= 15 is 0 Å². The van der Waals surface area contributed by atoms with Crippen molar-refractivity contribution in [2.24, 2.45) is 0 Å². The van der Waals surface area contributed by atoms with Gasteiger partial charge in [0, 0.05) is 39.4 Å². The Kier molecular flexibility index (Phi) is 4.40. The minimum Gasteiger partial charge on any atom is -0.378 e. The molecular weight excluding hydrogens is 210 g/mol. The van der Waals surface area contributed by atoms with Crippen LogP contribution in [0.4, 0.5) is 5.69 Å². The summed E-state index contributed by atoms with van der Waals surface area (Å²) < 4.78 is 0. The Morgan fingerprint density at radius 1 is 1.24 bits per heavy atom. The van der Waals surface area contributed by atoms with Gasteiger partial charge in [-0.1, -0.05) is 12.1 Å². The molecule has 3 nitrogen and oxygen atoms in total. The molecule has 3 heteroatoms. The number of hydrogen-bond donors (Lipinski definition) is 1. The smallest absolute Gasteiger partial charge is 0.0364 e. The molecule has 94 valence electrons. The minimum atomic E-state index is 1.07. The highest BCUT2D eigenvalue weighted by Gasteiger charge is 2.09. The molecule has 1 aromatic carbocycles. The Morgan fingerprint density at radius 2 is 2.12 bits per heavy atom. The largest absolute Gasteiger partial charge is 0.378 e. The van der Waals surface area contributed by atoms with Crippen molar-refractivity contribution < 1.29 is 0 Å². The molecule has 1 N–H and O–H groups in total. The standard InChI is InChI=1S/C14H23N3/c1-16(2)14-6-3-5-13(11-14)12-17-9-4-7-15-8-10-17/h3,5-6,11,15H,4,7-10,12H2,1-2H3. The number of benzene rings is 1. The Morgan fingerprint density at radius 3 is 2.94 bits per heavy atom. The summed E-state index contributed by atoms with van der Waals surface area (Å²) in [5.74, 6) is 0. The van der Waals surface area contributed by atoms with Gasteiger partial charge in [-0.2, -0.15) is 0 Å². The normalized spacial score (nSPS) is 17.8.